The standard InChI is InChI=1S/C26H36Cl3NO14/c1-10-11(2)19(38-13(4)32)23(42-17(10)8-36-12(3)31)37-9-18-20(39-14(5)33)21(40-15(6)34)22(41-16(7)35)24(43-18)44-25(30)26(27,28)29/h10-11,17-24,30H,8-9H2,1-7H3/t10-,11-,17+,18+,19+,20+,21-,22+,23+,24?/m0/s1. The predicted octanol–water partition coefficient (Wildman–Crippen LogP) is 2.38. The summed E-state index contributed by atoms with van der Waals surface area (Å²) in [5.74, 6) is -5.23. The van der Waals surface area contributed by atoms with Crippen molar-refractivity contribution in [2.75, 3.05) is 13.2 Å². The fraction of sp³-hybridized carbons (Fsp3) is 0.769. The molecule has 2 fully saturated rings. The zero-order chi connectivity index (χ0) is 33.5. The Labute approximate surface area is 268 Å². The van der Waals surface area contributed by atoms with Crippen LogP contribution in [0.1, 0.15) is 48.5 Å². The van der Waals surface area contributed by atoms with Gasteiger partial charge in [0.15, 0.2) is 24.6 Å². The van der Waals surface area contributed by atoms with Gasteiger partial charge in [-0.1, -0.05) is 48.7 Å². The van der Waals surface area contributed by atoms with E-state index in [1.165, 1.54) is 13.8 Å². The summed E-state index contributed by atoms with van der Waals surface area (Å²) in [5, 5.41) is 8.01. The van der Waals surface area contributed by atoms with Crippen LogP contribution in [0.15, 0.2) is 0 Å². The number of carbonyl (C=O) groups excluding carboxylic acids is 5. The van der Waals surface area contributed by atoms with Crippen LogP contribution in [0.2, 0.25) is 0 Å². The van der Waals surface area contributed by atoms with E-state index in [1.807, 2.05) is 6.92 Å². The third kappa shape index (κ3) is 10.9. The van der Waals surface area contributed by atoms with Gasteiger partial charge in [-0.2, -0.15) is 0 Å². The number of carbonyl (C=O) groups is 5. The number of esters is 5. The van der Waals surface area contributed by atoms with Gasteiger partial charge in [0.25, 0.3) is 3.79 Å². The molecule has 0 aromatic rings. The molecule has 0 radical (unpaired) electrons. The van der Waals surface area contributed by atoms with Gasteiger partial charge in [0, 0.05) is 40.5 Å². The Morgan fingerprint density at radius 1 is 0.614 bits per heavy atom. The lowest BCUT2D eigenvalue weighted by atomic mass is 9.83. The highest BCUT2D eigenvalue weighted by Crippen LogP contribution is 2.36. The first-order chi connectivity index (χ1) is 20.3. The predicted molar refractivity (Wildman–Crippen MR) is 150 cm³/mol. The first-order valence-corrected chi connectivity index (χ1v) is 14.5. The van der Waals surface area contributed by atoms with E-state index in [9.17, 15) is 24.0 Å². The molecule has 2 aliphatic rings. The summed E-state index contributed by atoms with van der Waals surface area (Å²) in [6, 6.07) is 0. The SMILES string of the molecule is CC(=O)OC[C@H]1O[C@@H](OC[C@H]2OC(OC(=N)C(Cl)(Cl)Cl)[C@H](OC(C)=O)[C@@H](OC(C)=O)[C@@H]2OC(C)=O)[C@H](OC(C)=O)[C@@H](C)[C@@H]1C. The van der Waals surface area contributed by atoms with E-state index in [0.29, 0.717) is 0 Å². The Morgan fingerprint density at radius 2 is 1.09 bits per heavy atom. The second kappa shape index (κ2) is 16.2. The molecule has 2 rings (SSSR count). The summed E-state index contributed by atoms with van der Waals surface area (Å²) in [4.78, 5) is 59.6. The average molecular weight is 693 g/mol. The molecule has 18 heteroatoms. The maximum Gasteiger partial charge on any atom is 0.303 e. The second-order valence-corrected chi connectivity index (χ2v) is 12.5. The first kappa shape index (κ1) is 37.8. The third-order valence-corrected chi connectivity index (χ3v) is 7.19. The van der Waals surface area contributed by atoms with Gasteiger partial charge >= 0.3 is 29.8 Å². The van der Waals surface area contributed by atoms with E-state index in [2.05, 4.69) is 0 Å². The topological polar surface area (TPSA) is 192 Å². The third-order valence-electron chi connectivity index (χ3n) is 6.68. The second-order valence-electron chi connectivity index (χ2n) is 10.2. The van der Waals surface area contributed by atoms with Crippen LogP contribution < -0.4 is 0 Å². The number of halogens is 3. The molecule has 0 saturated carbocycles. The zero-order valence-corrected chi connectivity index (χ0v) is 27.3. The highest BCUT2D eigenvalue weighted by molar-refractivity contribution is 6.76. The average Bonchev–Trinajstić information content (AvgIpc) is 2.87. The highest BCUT2D eigenvalue weighted by Gasteiger charge is 2.55. The van der Waals surface area contributed by atoms with Crippen LogP contribution in [0.25, 0.3) is 0 Å². The van der Waals surface area contributed by atoms with Gasteiger partial charge < -0.3 is 42.6 Å². The van der Waals surface area contributed by atoms with E-state index < -0.39 is 95.3 Å². The molecule has 1 N–H and O–H groups in total. The molecular weight excluding hydrogens is 657 g/mol. The van der Waals surface area contributed by atoms with Gasteiger partial charge in [0.2, 0.25) is 18.3 Å². The van der Waals surface area contributed by atoms with Gasteiger partial charge in [-0.15, -0.1) is 0 Å². The van der Waals surface area contributed by atoms with Crippen LogP contribution in [0.3, 0.4) is 0 Å². The van der Waals surface area contributed by atoms with E-state index in [0.717, 1.165) is 20.8 Å². The zero-order valence-electron chi connectivity index (χ0n) is 25.0. The molecule has 0 bridgehead atoms. The maximum absolute atomic E-state index is 12.1. The monoisotopic (exact) mass is 691 g/mol. The van der Waals surface area contributed by atoms with Gasteiger partial charge in [0.05, 0.1) is 12.7 Å². The molecule has 1 unspecified atom stereocenters. The smallest absolute Gasteiger partial charge is 0.303 e. The molecule has 2 heterocycles. The molecule has 44 heavy (non-hydrogen) atoms. The molecule has 0 aliphatic carbocycles. The van der Waals surface area contributed by atoms with E-state index in [1.54, 1.807) is 6.92 Å². The minimum Gasteiger partial charge on any atom is -0.463 e. The molecule has 0 aromatic carbocycles. The largest absolute Gasteiger partial charge is 0.463 e. The number of ether oxygens (including phenoxy) is 9. The number of hydrogen-bond donors (Lipinski definition) is 1. The van der Waals surface area contributed by atoms with Crippen LogP contribution in [0.5, 0.6) is 0 Å². The summed E-state index contributed by atoms with van der Waals surface area (Å²) < 4.78 is 47.7. The fourth-order valence-electron chi connectivity index (χ4n) is 4.60. The highest BCUT2D eigenvalue weighted by atomic mass is 35.6. The van der Waals surface area contributed by atoms with Gasteiger partial charge in [-0.05, 0) is 5.92 Å². The van der Waals surface area contributed by atoms with Gasteiger partial charge in [-0.25, -0.2) is 0 Å². The normalized spacial score (nSPS) is 32.0. The molecule has 0 amide bonds. The number of nitrogens with one attached hydrogen (secondary N) is 1. The van der Waals surface area contributed by atoms with Crippen molar-refractivity contribution >= 4 is 70.5 Å². The van der Waals surface area contributed by atoms with Crippen LogP contribution in [-0.4, -0.2) is 102 Å². The van der Waals surface area contributed by atoms with Crippen molar-refractivity contribution in [3.05, 3.63) is 0 Å². The Kier molecular flexibility index (Phi) is 13.9. The van der Waals surface area contributed by atoms with Crippen LogP contribution >= 0.6 is 34.8 Å². The minimum absolute atomic E-state index is 0.114. The van der Waals surface area contributed by atoms with Crippen LogP contribution in [0.4, 0.5) is 0 Å². The Morgan fingerprint density at radius 3 is 1.59 bits per heavy atom. The Bertz CT molecular complexity index is 1080. The van der Waals surface area contributed by atoms with Gasteiger partial charge in [-0.3, -0.25) is 29.4 Å². The lowest BCUT2D eigenvalue weighted by Gasteiger charge is -2.46. The molecule has 10 atom stereocenters. The molecule has 0 aromatic heterocycles. The van der Waals surface area contributed by atoms with Crippen LogP contribution in [0, 0.1) is 17.2 Å². The lowest BCUT2D eigenvalue weighted by molar-refractivity contribution is -0.317. The van der Waals surface area contributed by atoms with Crippen molar-refractivity contribution in [2.24, 2.45) is 11.8 Å². The van der Waals surface area contributed by atoms with Crippen molar-refractivity contribution in [2.45, 2.75) is 101 Å². The quantitative estimate of drug-likeness (QED) is 0.115. The number of alkyl halides is 3. The Balaban J connectivity index is 2.47. The molecular formula is C26H36Cl3NO14. The van der Waals surface area contributed by atoms with Crippen molar-refractivity contribution < 1.29 is 66.6 Å². The van der Waals surface area contributed by atoms with E-state index in [4.69, 9.17) is 82.8 Å². The van der Waals surface area contributed by atoms with Gasteiger partial charge in [0.1, 0.15) is 12.7 Å². The molecule has 2 aliphatic heterocycles. The Hall–Kier alpha value is -2.43. The van der Waals surface area contributed by atoms with Crippen molar-refractivity contribution in [3.63, 3.8) is 0 Å². The van der Waals surface area contributed by atoms with Crippen molar-refractivity contribution in [3.8, 4) is 0 Å². The minimum atomic E-state index is -2.36. The fourth-order valence-corrected chi connectivity index (χ4v) is 4.73. The lowest BCUT2D eigenvalue weighted by Crippen LogP contribution is -2.63. The number of rotatable bonds is 10. The molecule has 250 valence electrons. The molecule has 2 saturated heterocycles. The summed E-state index contributed by atoms with van der Waals surface area (Å²) in [6.45, 7) is 8.64. The van der Waals surface area contributed by atoms with E-state index >= 15 is 0 Å². The van der Waals surface area contributed by atoms with Crippen LogP contribution in [-0.2, 0) is 66.6 Å². The van der Waals surface area contributed by atoms with Crippen molar-refractivity contribution in [1.82, 2.24) is 0 Å². The number of hydrogen-bond acceptors (Lipinski definition) is 15. The maximum atomic E-state index is 12.1. The van der Waals surface area contributed by atoms with E-state index in [-0.39, 0.29) is 18.4 Å². The summed E-state index contributed by atoms with van der Waals surface area (Å²) in [7, 11) is 0. The molecule has 15 nitrogen and oxygen atoms in total. The summed E-state index contributed by atoms with van der Waals surface area (Å²) >= 11 is 17.3. The molecule has 0 spiro atoms. The van der Waals surface area contributed by atoms with Crippen molar-refractivity contribution in [1.29, 1.82) is 5.41 Å². The first-order valence-electron chi connectivity index (χ1n) is 13.4. The summed E-state index contributed by atoms with van der Waals surface area (Å²) in [5.41, 5.74) is 0. The summed E-state index contributed by atoms with van der Waals surface area (Å²) in [6.07, 6.45) is -10.6.